The predicted molar refractivity (Wildman–Crippen MR) is 261 cm³/mol. The summed E-state index contributed by atoms with van der Waals surface area (Å²) in [7, 11) is 0. The Bertz CT molecular complexity index is 1030. The van der Waals surface area contributed by atoms with Crippen molar-refractivity contribution in [1.29, 1.82) is 0 Å². The molecule has 0 aliphatic rings. The van der Waals surface area contributed by atoms with Crippen LogP contribution in [-0.4, -0.2) is 37.2 Å². The molecule has 356 valence electrons. The zero-order valence-electron chi connectivity index (χ0n) is 40.7. The summed E-state index contributed by atoms with van der Waals surface area (Å²) in [6.07, 6.45) is 58.4. The van der Waals surface area contributed by atoms with Crippen molar-refractivity contribution in [3.63, 3.8) is 0 Å². The van der Waals surface area contributed by atoms with Gasteiger partial charge in [-0.25, -0.2) is 0 Å². The number of carbonyl (C=O) groups excluding carboxylic acids is 3. The van der Waals surface area contributed by atoms with Crippen LogP contribution in [-0.2, 0) is 28.6 Å². The molecule has 0 aliphatic carbocycles. The van der Waals surface area contributed by atoms with Crippen molar-refractivity contribution in [2.45, 2.75) is 284 Å². The fourth-order valence-corrected chi connectivity index (χ4v) is 7.57. The smallest absolute Gasteiger partial charge is 0.306 e. The number of unbranched alkanes of at least 4 members (excludes halogenated alkanes) is 31. The third-order valence-corrected chi connectivity index (χ3v) is 11.6. The summed E-state index contributed by atoms with van der Waals surface area (Å²) < 4.78 is 16.8. The number of rotatable bonds is 48. The summed E-state index contributed by atoms with van der Waals surface area (Å²) in [4.78, 5) is 37.9. The maximum Gasteiger partial charge on any atom is 0.306 e. The minimum Gasteiger partial charge on any atom is -0.462 e. The minimum atomic E-state index is -0.777. The van der Waals surface area contributed by atoms with E-state index in [1.54, 1.807) is 0 Å². The second-order valence-corrected chi connectivity index (χ2v) is 17.8. The van der Waals surface area contributed by atoms with Crippen LogP contribution in [0.4, 0.5) is 0 Å². The van der Waals surface area contributed by atoms with Crippen molar-refractivity contribution in [2.24, 2.45) is 0 Å². The van der Waals surface area contributed by atoms with Crippen molar-refractivity contribution in [3.8, 4) is 0 Å². The molecule has 0 saturated carbocycles. The molecule has 0 aromatic rings. The molecule has 1 atom stereocenters. The molecule has 0 fully saturated rings. The van der Waals surface area contributed by atoms with Gasteiger partial charge in [0.2, 0.25) is 0 Å². The topological polar surface area (TPSA) is 78.9 Å². The van der Waals surface area contributed by atoms with Gasteiger partial charge in [0.15, 0.2) is 6.10 Å². The highest BCUT2D eigenvalue weighted by atomic mass is 16.6. The van der Waals surface area contributed by atoms with Gasteiger partial charge in [-0.2, -0.15) is 0 Å². The number of esters is 3. The second kappa shape index (κ2) is 50.3. The van der Waals surface area contributed by atoms with Crippen molar-refractivity contribution >= 4 is 17.9 Å². The summed E-state index contributed by atoms with van der Waals surface area (Å²) in [5.41, 5.74) is 0. The molecule has 0 rings (SSSR count). The van der Waals surface area contributed by atoms with E-state index in [1.807, 2.05) is 0 Å². The molecule has 0 amide bonds. The van der Waals surface area contributed by atoms with Crippen molar-refractivity contribution in [2.75, 3.05) is 13.2 Å². The van der Waals surface area contributed by atoms with Gasteiger partial charge < -0.3 is 14.2 Å². The molecule has 0 aliphatic heterocycles. The molecule has 0 N–H and O–H groups in total. The molecule has 0 spiro atoms. The van der Waals surface area contributed by atoms with Crippen LogP contribution in [0.25, 0.3) is 0 Å². The molecule has 0 aromatic carbocycles. The van der Waals surface area contributed by atoms with E-state index in [-0.39, 0.29) is 31.1 Å². The highest BCUT2D eigenvalue weighted by Gasteiger charge is 2.19. The number of hydrogen-bond donors (Lipinski definition) is 0. The molecule has 6 nitrogen and oxygen atoms in total. The molecule has 0 radical (unpaired) electrons. The Morgan fingerprint density at radius 3 is 0.967 bits per heavy atom. The van der Waals surface area contributed by atoms with Crippen LogP contribution in [0.15, 0.2) is 36.5 Å². The van der Waals surface area contributed by atoms with Gasteiger partial charge in [-0.3, -0.25) is 14.4 Å². The van der Waals surface area contributed by atoms with Gasteiger partial charge in [-0.05, 0) is 70.6 Å². The lowest BCUT2D eigenvalue weighted by Crippen LogP contribution is -2.30. The molecule has 61 heavy (non-hydrogen) atoms. The second-order valence-electron chi connectivity index (χ2n) is 17.8. The van der Waals surface area contributed by atoms with Gasteiger partial charge in [0.1, 0.15) is 13.2 Å². The van der Waals surface area contributed by atoms with Crippen molar-refractivity contribution in [1.82, 2.24) is 0 Å². The average Bonchev–Trinajstić information content (AvgIpc) is 3.26. The first-order chi connectivity index (χ1) is 30.0. The van der Waals surface area contributed by atoms with Crippen LogP contribution < -0.4 is 0 Å². The van der Waals surface area contributed by atoms with E-state index >= 15 is 0 Å². The quantitative estimate of drug-likeness (QED) is 0.0262. The molecule has 6 heteroatoms. The largest absolute Gasteiger partial charge is 0.462 e. The number of hydrogen-bond acceptors (Lipinski definition) is 6. The summed E-state index contributed by atoms with van der Waals surface area (Å²) in [5.74, 6) is -0.886. The van der Waals surface area contributed by atoms with Gasteiger partial charge >= 0.3 is 17.9 Å². The number of carbonyl (C=O) groups is 3. The Morgan fingerprint density at radius 1 is 0.328 bits per heavy atom. The standard InChI is InChI=1S/C55H100O6/c1-4-7-10-13-16-19-22-24-26-27-28-29-31-33-36-39-42-45-48-54(57)60-51-52(50-59-53(56)47-44-41-38-35-32-21-18-15-12-9-6-3)61-55(58)49-46-43-40-37-34-30-25-23-20-17-14-11-8-5-2/h14,17,23,25-27,52H,4-13,15-16,18-22,24,28-51H2,1-3H3/b17-14-,25-23-,27-26-. The normalized spacial score (nSPS) is 12.2. The van der Waals surface area contributed by atoms with Crippen LogP contribution in [0.5, 0.6) is 0 Å². The van der Waals surface area contributed by atoms with Crippen LogP contribution in [0, 0.1) is 0 Å². The Hall–Kier alpha value is -2.37. The van der Waals surface area contributed by atoms with E-state index in [0.717, 1.165) is 83.5 Å². The number of allylic oxidation sites excluding steroid dienone is 6. The number of ether oxygens (including phenoxy) is 3. The maximum absolute atomic E-state index is 12.8. The fourth-order valence-electron chi connectivity index (χ4n) is 7.57. The Kier molecular flexibility index (Phi) is 48.3. The van der Waals surface area contributed by atoms with Crippen molar-refractivity contribution < 1.29 is 28.6 Å². The maximum atomic E-state index is 12.8. The Morgan fingerprint density at radius 2 is 0.607 bits per heavy atom. The van der Waals surface area contributed by atoms with Crippen LogP contribution in [0.1, 0.15) is 278 Å². The van der Waals surface area contributed by atoms with Crippen LogP contribution in [0.2, 0.25) is 0 Å². The van der Waals surface area contributed by atoms with Crippen molar-refractivity contribution in [3.05, 3.63) is 36.5 Å². The first kappa shape index (κ1) is 58.6. The lowest BCUT2D eigenvalue weighted by atomic mass is 10.1. The van der Waals surface area contributed by atoms with E-state index in [4.69, 9.17) is 14.2 Å². The summed E-state index contributed by atoms with van der Waals surface area (Å²) in [6.45, 7) is 6.59. The first-order valence-electron chi connectivity index (χ1n) is 26.5. The lowest BCUT2D eigenvalue weighted by Gasteiger charge is -2.18. The molecule has 0 heterocycles. The Labute approximate surface area is 378 Å². The first-order valence-corrected chi connectivity index (χ1v) is 26.5. The zero-order valence-corrected chi connectivity index (χ0v) is 40.7. The summed E-state index contributed by atoms with van der Waals surface area (Å²) in [5, 5.41) is 0. The van der Waals surface area contributed by atoms with E-state index in [1.165, 1.54) is 154 Å². The highest BCUT2D eigenvalue weighted by Crippen LogP contribution is 2.15. The molecular formula is C55H100O6. The van der Waals surface area contributed by atoms with Gasteiger partial charge in [-0.15, -0.1) is 0 Å². The summed E-state index contributed by atoms with van der Waals surface area (Å²) in [6, 6.07) is 0. The highest BCUT2D eigenvalue weighted by molar-refractivity contribution is 5.71. The van der Waals surface area contributed by atoms with E-state index in [0.29, 0.717) is 19.3 Å². The third-order valence-electron chi connectivity index (χ3n) is 11.6. The monoisotopic (exact) mass is 857 g/mol. The van der Waals surface area contributed by atoms with Crippen LogP contribution in [0.3, 0.4) is 0 Å². The third kappa shape index (κ3) is 48.5. The van der Waals surface area contributed by atoms with Gasteiger partial charge in [0, 0.05) is 19.3 Å². The van der Waals surface area contributed by atoms with Crippen LogP contribution >= 0.6 is 0 Å². The Balaban J connectivity index is 4.34. The van der Waals surface area contributed by atoms with Gasteiger partial charge in [-0.1, -0.05) is 224 Å². The van der Waals surface area contributed by atoms with E-state index in [9.17, 15) is 14.4 Å². The minimum absolute atomic E-state index is 0.0765. The molecular weight excluding hydrogens is 757 g/mol. The molecule has 0 aromatic heterocycles. The molecule has 1 unspecified atom stereocenters. The van der Waals surface area contributed by atoms with Gasteiger partial charge in [0.25, 0.3) is 0 Å². The molecule has 0 bridgehead atoms. The predicted octanol–water partition coefficient (Wildman–Crippen LogP) is 17.3. The summed E-state index contributed by atoms with van der Waals surface area (Å²) >= 11 is 0. The zero-order chi connectivity index (χ0) is 44.4. The van der Waals surface area contributed by atoms with Gasteiger partial charge in [0.05, 0.1) is 0 Å². The average molecular weight is 857 g/mol. The SMILES string of the molecule is CCCC/C=C\C/C=C\CCCCCCCC(=O)OC(COC(=O)CCCCCCCCC/C=C\CCCCCCCCC)COC(=O)CCCCCCCCCCCCC. The molecule has 0 saturated heterocycles. The van der Waals surface area contributed by atoms with E-state index in [2.05, 4.69) is 57.2 Å². The fraction of sp³-hybridized carbons (Fsp3) is 0.836. The lowest BCUT2D eigenvalue weighted by molar-refractivity contribution is -0.167. The van der Waals surface area contributed by atoms with E-state index < -0.39 is 6.10 Å².